The summed E-state index contributed by atoms with van der Waals surface area (Å²) in [5.41, 5.74) is 2.92. The number of halogens is 1. The monoisotopic (exact) mass is 500 g/mol. The molecule has 6 nitrogen and oxygen atoms in total. The van der Waals surface area contributed by atoms with Crippen LogP contribution in [-0.2, 0) is 23.0 Å². The molecule has 1 amide bonds. The van der Waals surface area contributed by atoms with E-state index in [4.69, 9.17) is 16.3 Å². The van der Waals surface area contributed by atoms with Gasteiger partial charge in [0.2, 0.25) is 10.0 Å². The number of carbonyl (C=O) groups excluding carboxylic acids is 1. The van der Waals surface area contributed by atoms with Crippen LogP contribution in [0.15, 0.2) is 72.8 Å². The van der Waals surface area contributed by atoms with E-state index in [1.807, 2.05) is 38.1 Å². The maximum atomic E-state index is 12.5. The lowest BCUT2D eigenvalue weighted by Crippen LogP contribution is -2.29. The molecular formula is C26H29ClN2O4S. The maximum absolute atomic E-state index is 12.5. The summed E-state index contributed by atoms with van der Waals surface area (Å²) in [6.07, 6.45) is 1.91. The highest BCUT2D eigenvalue weighted by atomic mass is 35.5. The van der Waals surface area contributed by atoms with Crippen molar-refractivity contribution in [3.63, 3.8) is 0 Å². The molecule has 3 aromatic rings. The number of ether oxygens (including phenoxy) is 1. The lowest BCUT2D eigenvalue weighted by atomic mass is 10.1. The SMILES string of the molecule is CC(C)Oc1ccc(N(Cc2ccc(C(=O)NCCc3ccc(Cl)cc3)cc2)S(C)(=O)=O)cc1. The Bertz CT molecular complexity index is 1190. The first kappa shape index (κ1) is 25.6. The molecule has 34 heavy (non-hydrogen) atoms. The van der Waals surface area contributed by atoms with Crippen molar-refractivity contribution < 1.29 is 17.9 Å². The van der Waals surface area contributed by atoms with Crippen LogP contribution in [0.3, 0.4) is 0 Å². The van der Waals surface area contributed by atoms with Crippen LogP contribution in [0.5, 0.6) is 5.75 Å². The van der Waals surface area contributed by atoms with E-state index in [0.717, 1.165) is 11.1 Å². The topological polar surface area (TPSA) is 75.7 Å². The molecule has 8 heteroatoms. The van der Waals surface area contributed by atoms with Crippen LogP contribution >= 0.6 is 11.6 Å². The predicted octanol–water partition coefficient (Wildman–Crippen LogP) is 5.07. The minimum Gasteiger partial charge on any atom is -0.491 e. The molecule has 0 aromatic heterocycles. The fourth-order valence-corrected chi connectivity index (χ4v) is 4.38. The summed E-state index contributed by atoms with van der Waals surface area (Å²) >= 11 is 5.89. The summed E-state index contributed by atoms with van der Waals surface area (Å²) in [6.45, 7) is 4.52. The number of anilines is 1. The summed E-state index contributed by atoms with van der Waals surface area (Å²) in [5.74, 6) is 0.500. The second kappa shape index (κ2) is 11.4. The molecule has 1 N–H and O–H groups in total. The second-order valence-electron chi connectivity index (χ2n) is 8.26. The highest BCUT2D eigenvalue weighted by molar-refractivity contribution is 7.92. The van der Waals surface area contributed by atoms with Crippen LogP contribution < -0.4 is 14.4 Å². The number of hydrogen-bond donors (Lipinski definition) is 1. The van der Waals surface area contributed by atoms with Crippen LogP contribution in [0.25, 0.3) is 0 Å². The first-order chi connectivity index (χ1) is 16.1. The van der Waals surface area contributed by atoms with E-state index in [0.29, 0.717) is 35.0 Å². The third kappa shape index (κ3) is 7.50. The zero-order chi connectivity index (χ0) is 24.7. The van der Waals surface area contributed by atoms with E-state index in [-0.39, 0.29) is 18.6 Å². The fraction of sp³-hybridized carbons (Fsp3) is 0.269. The van der Waals surface area contributed by atoms with Gasteiger partial charge in [-0.3, -0.25) is 9.10 Å². The van der Waals surface area contributed by atoms with Crippen LogP contribution in [0.2, 0.25) is 5.02 Å². The summed E-state index contributed by atoms with van der Waals surface area (Å²) < 4.78 is 31.9. The summed E-state index contributed by atoms with van der Waals surface area (Å²) in [5, 5.41) is 3.58. The number of nitrogens with one attached hydrogen (secondary N) is 1. The average Bonchev–Trinajstić information content (AvgIpc) is 2.79. The van der Waals surface area contributed by atoms with Gasteiger partial charge < -0.3 is 10.1 Å². The molecule has 0 saturated carbocycles. The summed E-state index contributed by atoms with van der Waals surface area (Å²) in [6, 6.07) is 21.4. The van der Waals surface area contributed by atoms with Gasteiger partial charge in [-0.25, -0.2) is 8.42 Å². The molecule has 0 radical (unpaired) electrons. The van der Waals surface area contributed by atoms with Gasteiger partial charge in [-0.1, -0.05) is 35.9 Å². The third-order valence-electron chi connectivity index (χ3n) is 5.05. The quantitative estimate of drug-likeness (QED) is 0.422. The van der Waals surface area contributed by atoms with E-state index < -0.39 is 10.0 Å². The van der Waals surface area contributed by atoms with Gasteiger partial charge in [0.05, 0.1) is 24.6 Å². The largest absolute Gasteiger partial charge is 0.491 e. The zero-order valence-electron chi connectivity index (χ0n) is 19.5. The number of benzene rings is 3. The van der Waals surface area contributed by atoms with Gasteiger partial charge in [0.25, 0.3) is 5.91 Å². The smallest absolute Gasteiger partial charge is 0.251 e. The minimum absolute atomic E-state index is 0.0324. The van der Waals surface area contributed by atoms with E-state index >= 15 is 0 Å². The van der Waals surface area contributed by atoms with Gasteiger partial charge in [0.1, 0.15) is 5.75 Å². The molecule has 0 atom stereocenters. The molecule has 3 aromatic carbocycles. The fourth-order valence-electron chi connectivity index (χ4n) is 3.36. The molecule has 0 aliphatic carbocycles. The standard InChI is InChI=1S/C26H29ClN2O4S/c1-19(2)33-25-14-12-24(13-15-25)29(34(3,31)32)18-21-4-8-22(9-5-21)26(30)28-17-16-20-6-10-23(27)11-7-20/h4-15,19H,16-18H2,1-3H3,(H,28,30). The van der Waals surface area contributed by atoms with Crippen molar-refractivity contribution in [2.24, 2.45) is 0 Å². The minimum atomic E-state index is -3.51. The van der Waals surface area contributed by atoms with Crippen LogP contribution in [0, 0.1) is 0 Å². The second-order valence-corrected chi connectivity index (χ2v) is 10.6. The average molecular weight is 501 g/mol. The number of rotatable bonds is 10. The Morgan fingerprint density at radius 3 is 2.09 bits per heavy atom. The Balaban J connectivity index is 1.62. The molecule has 3 rings (SSSR count). The Kier molecular flexibility index (Phi) is 8.58. The van der Waals surface area contributed by atoms with E-state index in [1.165, 1.54) is 10.6 Å². The molecule has 0 saturated heterocycles. The summed E-state index contributed by atoms with van der Waals surface area (Å²) in [7, 11) is -3.51. The van der Waals surface area contributed by atoms with Gasteiger partial charge >= 0.3 is 0 Å². The van der Waals surface area contributed by atoms with Crippen LogP contribution in [-0.4, -0.2) is 33.2 Å². The normalized spacial score (nSPS) is 11.3. The Labute approximate surface area is 206 Å². The first-order valence-electron chi connectivity index (χ1n) is 11.0. The number of sulfonamides is 1. The Hall–Kier alpha value is -3.03. The Morgan fingerprint density at radius 1 is 0.941 bits per heavy atom. The number of amides is 1. The van der Waals surface area contributed by atoms with Crippen molar-refractivity contribution in [1.29, 1.82) is 0 Å². The number of hydrogen-bond acceptors (Lipinski definition) is 4. The molecule has 0 heterocycles. The lowest BCUT2D eigenvalue weighted by molar-refractivity contribution is 0.0954. The molecular weight excluding hydrogens is 472 g/mol. The van der Waals surface area contributed by atoms with E-state index in [2.05, 4.69) is 5.32 Å². The number of carbonyl (C=O) groups is 1. The molecule has 0 unspecified atom stereocenters. The third-order valence-corrected chi connectivity index (χ3v) is 6.44. The van der Waals surface area contributed by atoms with Crippen LogP contribution in [0.4, 0.5) is 5.69 Å². The first-order valence-corrected chi connectivity index (χ1v) is 13.2. The molecule has 0 fully saturated rings. The maximum Gasteiger partial charge on any atom is 0.251 e. The van der Waals surface area contributed by atoms with Crippen LogP contribution in [0.1, 0.15) is 35.3 Å². The van der Waals surface area contributed by atoms with Gasteiger partial charge in [0, 0.05) is 17.1 Å². The van der Waals surface area contributed by atoms with Crippen molar-refractivity contribution in [3.8, 4) is 5.75 Å². The number of nitrogens with zero attached hydrogens (tertiary/aromatic N) is 1. The van der Waals surface area contributed by atoms with Crippen molar-refractivity contribution >= 4 is 33.2 Å². The highest BCUT2D eigenvalue weighted by Gasteiger charge is 2.18. The van der Waals surface area contributed by atoms with E-state index in [1.54, 1.807) is 48.5 Å². The van der Waals surface area contributed by atoms with Crippen molar-refractivity contribution in [2.45, 2.75) is 32.9 Å². The van der Waals surface area contributed by atoms with Gasteiger partial charge in [-0.05, 0) is 79.9 Å². The molecule has 0 aliphatic rings. The Morgan fingerprint density at radius 2 is 1.53 bits per heavy atom. The molecule has 180 valence electrons. The van der Waals surface area contributed by atoms with Crippen molar-refractivity contribution in [1.82, 2.24) is 5.32 Å². The van der Waals surface area contributed by atoms with E-state index in [9.17, 15) is 13.2 Å². The highest BCUT2D eigenvalue weighted by Crippen LogP contribution is 2.24. The summed E-state index contributed by atoms with van der Waals surface area (Å²) in [4.78, 5) is 12.5. The van der Waals surface area contributed by atoms with Crippen molar-refractivity contribution in [3.05, 3.63) is 94.5 Å². The van der Waals surface area contributed by atoms with Gasteiger partial charge in [-0.15, -0.1) is 0 Å². The molecule has 0 bridgehead atoms. The van der Waals surface area contributed by atoms with Gasteiger partial charge in [0.15, 0.2) is 0 Å². The zero-order valence-corrected chi connectivity index (χ0v) is 21.1. The van der Waals surface area contributed by atoms with Crippen molar-refractivity contribution in [2.75, 3.05) is 17.1 Å². The molecule has 0 aliphatic heterocycles. The lowest BCUT2D eigenvalue weighted by Gasteiger charge is -2.23. The molecule has 0 spiro atoms. The predicted molar refractivity (Wildman–Crippen MR) is 137 cm³/mol. The van der Waals surface area contributed by atoms with Gasteiger partial charge in [-0.2, -0.15) is 0 Å².